The van der Waals surface area contributed by atoms with Gasteiger partial charge in [-0.3, -0.25) is 0 Å². The molecule has 2 nitrogen and oxygen atoms in total. The van der Waals surface area contributed by atoms with E-state index < -0.39 is 0 Å². The summed E-state index contributed by atoms with van der Waals surface area (Å²) in [6, 6.07) is 6.37. The molecule has 2 saturated heterocycles. The van der Waals surface area contributed by atoms with E-state index in [2.05, 4.69) is 32.0 Å². The van der Waals surface area contributed by atoms with Crippen LogP contribution in [0.15, 0.2) is 18.2 Å². The second kappa shape index (κ2) is 5.70. The summed E-state index contributed by atoms with van der Waals surface area (Å²) in [5.41, 5.74) is 3.61. The molecule has 3 atom stereocenters. The van der Waals surface area contributed by atoms with Gasteiger partial charge in [0.05, 0.1) is 11.7 Å². The molecule has 3 unspecified atom stereocenters. The highest BCUT2D eigenvalue weighted by Crippen LogP contribution is 2.44. The van der Waals surface area contributed by atoms with Crippen molar-refractivity contribution in [3.8, 4) is 0 Å². The van der Waals surface area contributed by atoms with Gasteiger partial charge in [-0.2, -0.15) is 11.8 Å². The Morgan fingerprint density at radius 3 is 2.95 bits per heavy atom. The first-order valence-electron chi connectivity index (χ1n) is 7.57. The van der Waals surface area contributed by atoms with Crippen molar-refractivity contribution in [3.63, 3.8) is 0 Å². The number of hydrogen-bond acceptors (Lipinski definition) is 3. The summed E-state index contributed by atoms with van der Waals surface area (Å²) in [6.45, 7) is 5.00. The highest BCUT2D eigenvalue weighted by atomic mass is 32.2. The predicted molar refractivity (Wildman–Crippen MR) is 84.2 cm³/mol. The zero-order valence-corrected chi connectivity index (χ0v) is 13.2. The molecular weight excluding hydrogens is 268 g/mol. The smallest absolute Gasteiger partial charge is 0.0822 e. The fraction of sp³-hybridized carbons (Fsp3) is 0.647. The predicted octanol–water partition coefficient (Wildman–Crippen LogP) is 3.64. The van der Waals surface area contributed by atoms with Crippen molar-refractivity contribution in [2.24, 2.45) is 5.92 Å². The molecule has 2 aliphatic heterocycles. The number of aliphatic hydroxyl groups is 1. The van der Waals surface area contributed by atoms with Crippen molar-refractivity contribution in [1.82, 2.24) is 0 Å². The zero-order valence-electron chi connectivity index (χ0n) is 12.4. The summed E-state index contributed by atoms with van der Waals surface area (Å²) in [4.78, 5) is 0. The number of aliphatic hydroxyl groups excluding tert-OH is 1. The molecule has 3 heteroatoms. The van der Waals surface area contributed by atoms with Crippen molar-refractivity contribution in [1.29, 1.82) is 0 Å². The van der Waals surface area contributed by atoms with E-state index in [1.54, 1.807) is 0 Å². The van der Waals surface area contributed by atoms with Crippen LogP contribution in [0, 0.1) is 19.8 Å². The van der Waals surface area contributed by atoms with Gasteiger partial charge in [0, 0.05) is 12.4 Å². The second-order valence-electron chi connectivity index (χ2n) is 6.39. The Morgan fingerprint density at radius 1 is 1.40 bits per heavy atom. The largest absolute Gasteiger partial charge is 0.388 e. The topological polar surface area (TPSA) is 29.5 Å². The average Bonchev–Trinajstić information content (AvgIpc) is 2.86. The Kier molecular flexibility index (Phi) is 4.11. The number of rotatable bonds is 2. The number of aryl methyl sites for hydroxylation is 2. The molecule has 0 aliphatic carbocycles. The quantitative estimate of drug-likeness (QED) is 0.902. The molecule has 0 aromatic heterocycles. The number of benzene rings is 1. The zero-order chi connectivity index (χ0) is 14.2. The first-order chi connectivity index (χ1) is 9.60. The van der Waals surface area contributed by atoms with E-state index in [9.17, 15) is 5.11 Å². The highest BCUT2D eigenvalue weighted by Gasteiger charge is 2.42. The van der Waals surface area contributed by atoms with Gasteiger partial charge in [-0.25, -0.2) is 0 Å². The third-order valence-corrected chi connectivity index (χ3v) is 6.01. The Labute approximate surface area is 125 Å². The van der Waals surface area contributed by atoms with Gasteiger partial charge < -0.3 is 9.84 Å². The Hall–Kier alpha value is -0.510. The van der Waals surface area contributed by atoms with Gasteiger partial charge in [0.15, 0.2) is 0 Å². The lowest BCUT2D eigenvalue weighted by Crippen LogP contribution is -2.41. The fourth-order valence-electron chi connectivity index (χ4n) is 3.61. The molecular formula is C17H24O2S. The third kappa shape index (κ3) is 2.76. The maximum absolute atomic E-state index is 10.8. The first-order valence-corrected chi connectivity index (χ1v) is 8.72. The summed E-state index contributed by atoms with van der Waals surface area (Å²) in [7, 11) is 0. The molecule has 1 aromatic carbocycles. The van der Waals surface area contributed by atoms with Crippen molar-refractivity contribution in [3.05, 3.63) is 34.9 Å². The van der Waals surface area contributed by atoms with Crippen LogP contribution in [-0.4, -0.2) is 28.8 Å². The molecule has 0 amide bonds. The maximum Gasteiger partial charge on any atom is 0.0822 e. The monoisotopic (exact) mass is 292 g/mol. The molecule has 0 bridgehead atoms. The minimum absolute atomic E-state index is 0.0488. The van der Waals surface area contributed by atoms with E-state index in [1.165, 1.54) is 16.9 Å². The van der Waals surface area contributed by atoms with Gasteiger partial charge in [0.1, 0.15) is 0 Å². The van der Waals surface area contributed by atoms with E-state index in [4.69, 9.17) is 4.74 Å². The first kappa shape index (κ1) is 14.4. The highest BCUT2D eigenvalue weighted by molar-refractivity contribution is 7.99. The lowest BCUT2D eigenvalue weighted by atomic mass is 9.79. The van der Waals surface area contributed by atoms with Crippen LogP contribution in [-0.2, 0) is 4.74 Å². The van der Waals surface area contributed by atoms with Gasteiger partial charge in [0.2, 0.25) is 0 Å². The van der Waals surface area contributed by atoms with Crippen LogP contribution >= 0.6 is 11.8 Å². The molecule has 2 heterocycles. The van der Waals surface area contributed by atoms with Crippen LogP contribution in [0.4, 0.5) is 0 Å². The molecule has 1 aromatic rings. The molecule has 1 spiro atoms. The molecule has 2 aliphatic rings. The van der Waals surface area contributed by atoms with Gasteiger partial charge in [-0.1, -0.05) is 23.8 Å². The van der Waals surface area contributed by atoms with Gasteiger partial charge >= 0.3 is 0 Å². The van der Waals surface area contributed by atoms with Crippen molar-refractivity contribution < 1.29 is 9.84 Å². The van der Waals surface area contributed by atoms with Gasteiger partial charge in [-0.15, -0.1) is 0 Å². The minimum atomic E-state index is -0.345. The van der Waals surface area contributed by atoms with Gasteiger partial charge in [-0.05, 0) is 55.9 Å². The Morgan fingerprint density at radius 2 is 2.25 bits per heavy atom. The van der Waals surface area contributed by atoms with Crippen LogP contribution in [0.25, 0.3) is 0 Å². The Balaban J connectivity index is 1.77. The number of ether oxygens (including phenoxy) is 1. The minimum Gasteiger partial charge on any atom is -0.388 e. The molecule has 1 N–H and O–H groups in total. The van der Waals surface area contributed by atoms with Crippen LogP contribution < -0.4 is 0 Å². The van der Waals surface area contributed by atoms with E-state index >= 15 is 0 Å². The number of hydrogen-bond donors (Lipinski definition) is 1. The molecule has 110 valence electrons. The summed E-state index contributed by atoms with van der Waals surface area (Å²) in [6.07, 6.45) is 2.78. The fourth-order valence-corrected chi connectivity index (χ4v) is 4.99. The van der Waals surface area contributed by atoms with E-state index in [0.717, 1.165) is 37.2 Å². The van der Waals surface area contributed by atoms with E-state index in [-0.39, 0.29) is 11.7 Å². The van der Waals surface area contributed by atoms with Crippen molar-refractivity contribution in [2.45, 2.75) is 44.8 Å². The van der Waals surface area contributed by atoms with Crippen LogP contribution in [0.5, 0.6) is 0 Å². The molecule has 2 fully saturated rings. The van der Waals surface area contributed by atoms with Crippen LogP contribution in [0.3, 0.4) is 0 Å². The van der Waals surface area contributed by atoms with E-state index in [0.29, 0.717) is 5.92 Å². The average molecular weight is 292 g/mol. The van der Waals surface area contributed by atoms with Crippen molar-refractivity contribution >= 4 is 11.8 Å². The summed E-state index contributed by atoms with van der Waals surface area (Å²) in [5.74, 6) is 2.64. The summed E-state index contributed by atoms with van der Waals surface area (Å²) < 4.78 is 6.06. The third-order valence-electron chi connectivity index (χ3n) is 4.79. The molecule has 0 radical (unpaired) electrons. The standard InChI is InChI=1S/C17H24O2S/c1-12-3-4-15(13(2)9-12)16(18)14-5-7-19-17(10-14)6-8-20-11-17/h3-4,9,14,16,18H,5-8,10-11H2,1-2H3. The molecule has 0 saturated carbocycles. The van der Waals surface area contributed by atoms with E-state index in [1.807, 2.05) is 11.8 Å². The lowest BCUT2D eigenvalue weighted by molar-refractivity contribution is -0.102. The van der Waals surface area contributed by atoms with Crippen LogP contribution in [0.2, 0.25) is 0 Å². The Bertz CT molecular complexity index is 480. The summed E-state index contributed by atoms with van der Waals surface area (Å²) >= 11 is 1.99. The van der Waals surface area contributed by atoms with Gasteiger partial charge in [0.25, 0.3) is 0 Å². The molecule has 3 rings (SSSR count). The second-order valence-corrected chi connectivity index (χ2v) is 7.50. The SMILES string of the molecule is Cc1ccc(C(O)C2CCOC3(CCSC3)C2)c(C)c1. The normalized spacial score (nSPS) is 31.6. The summed E-state index contributed by atoms with van der Waals surface area (Å²) in [5, 5.41) is 10.8. The lowest BCUT2D eigenvalue weighted by Gasteiger charge is -2.39. The van der Waals surface area contributed by atoms with Crippen molar-refractivity contribution in [2.75, 3.05) is 18.1 Å². The number of thioether (sulfide) groups is 1. The molecule has 20 heavy (non-hydrogen) atoms. The van der Waals surface area contributed by atoms with Crippen LogP contribution in [0.1, 0.15) is 42.1 Å². The maximum atomic E-state index is 10.8.